The van der Waals surface area contributed by atoms with Crippen LogP contribution in [0, 0.1) is 12.3 Å². The van der Waals surface area contributed by atoms with E-state index >= 15 is 0 Å². The minimum Gasteiger partial charge on any atom is -0.486 e. The van der Waals surface area contributed by atoms with Crippen LogP contribution in [0.2, 0.25) is 0 Å². The third kappa shape index (κ3) is 4.33. The van der Waals surface area contributed by atoms with Gasteiger partial charge in [0.1, 0.15) is 13.2 Å². The molecule has 0 N–H and O–H groups in total. The van der Waals surface area contributed by atoms with Gasteiger partial charge in [0.15, 0.2) is 11.5 Å². The van der Waals surface area contributed by atoms with E-state index in [1.807, 2.05) is 6.92 Å². The van der Waals surface area contributed by atoms with Gasteiger partial charge in [-0.15, -0.1) is 11.3 Å². The monoisotopic (exact) mass is 463 g/mol. The molecule has 7 nitrogen and oxygen atoms in total. The molecule has 2 saturated heterocycles. The Kier molecular flexibility index (Phi) is 5.70. The quantitative estimate of drug-likeness (QED) is 0.693. The highest BCUT2D eigenvalue weighted by molar-refractivity contribution is 7.89. The zero-order chi connectivity index (χ0) is 21.5. The maximum absolute atomic E-state index is 13.5. The van der Waals surface area contributed by atoms with E-state index in [4.69, 9.17) is 9.47 Å². The molecule has 3 aliphatic rings. The molecular formula is C22H29N3O4S2. The number of likely N-dealkylation sites (tertiary alicyclic amines) is 1. The molecule has 5 rings (SSSR count). The summed E-state index contributed by atoms with van der Waals surface area (Å²) in [7, 11) is -3.58. The van der Waals surface area contributed by atoms with Gasteiger partial charge in [0.25, 0.3) is 0 Å². The lowest BCUT2D eigenvalue weighted by atomic mass is 9.74. The van der Waals surface area contributed by atoms with Gasteiger partial charge < -0.3 is 9.47 Å². The van der Waals surface area contributed by atoms with Gasteiger partial charge in [-0.05, 0) is 56.7 Å². The smallest absolute Gasteiger partial charge is 0.243 e. The lowest BCUT2D eigenvalue weighted by molar-refractivity contribution is 0.0357. The van der Waals surface area contributed by atoms with Crippen LogP contribution < -0.4 is 9.47 Å². The summed E-state index contributed by atoms with van der Waals surface area (Å²) in [5, 5.41) is 3.23. The number of hydrogen-bond acceptors (Lipinski definition) is 7. The van der Waals surface area contributed by atoms with Gasteiger partial charge in [0.05, 0.1) is 15.6 Å². The van der Waals surface area contributed by atoms with Gasteiger partial charge in [-0.3, -0.25) is 4.90 Å². The third-order valence-electron chi connectivity index (χ3n) is 6.57. The molecule has 2 aromatic rings. The second kappa shape index (κ2) is 8.35. The lowest BCUT2D eigenvalue weighted by Gasteiger charge is -2.48. The van der Waals surface area contributed by atoms with Gasteiger partial charge in [0.2, 0.25) is 10.0 Å². The Hall–Kier alpha value is -1.68. The topological polar surface area (TPSA) is 72.0 Å². The molecule has 168 valence electrons. The van der Waals surface area contributed by atoms with Crippen molar-refractivity contribution in [3.63, 3.8) is 0 Å². The van der Waals surface area contributed by atoms with Crippen LogP contribution >= 0.6 is 11.3 Å². The van der Waals surface area contributed by atoms with Gasteiger partial charge >= 0.3 is 0 Å². The average molecular weight is 464 g/mol. The van der Waals surface area contributed by atoms with Crippen LogP contribution in [0.15, 0.2) is 28.5 Å². The molecule has 1 aromatic carbocycles. The number of rotatable bonds is 4. The molecule has 0 radical (unpaired) electrons. The van der Waals surface area contributed by atoms with E-state index in [0.29, 0.717) is 42.7 Å². The SMILES string of the molecule is Cc1nc(CN2CCCC3(CCCN(S(=O)(=O)c4ccc5c(c4)OCCO5)C3)C2)cs1. The van der Waals surface area contributed by atoms with Gasteiger partial charge in [0, 0.05) is 37.6 Å². The standard InChI is InChI=1S/C22H29N3O4S2/c1-17-23-18(14-30-17)13-24-8-2-6-22(15-24)7-3-9-25(16-22)31(26,27)19-4-5-20-21(12-19)29-11-10-28-20/h4-5,12,14H,2-3,6-11,13,15-16H2,1H3. The molecule has 3 aliphatic heterocycles. The van der Waals surface area contributed by atoms with Crippen molar-refractivity contribution < 1.29 is 17.9 Å². The predicted molar refractivity (Wildman–Crippen MR) is 119 cm³/mol. The van der Waals surface area contributed by atoms with E-state index in [2.05, 4.69) is 15.3 Å². The van der Waals surface area contributed by atoms with E-state index < -0.39 is 10.0 Å². The van der Waals surface area contributed by atoms with Crippen LogP contribution in [0.25, 0.3) is 0 Å². The minimum absolute atomic E-state index is 0.0163. The van der Waals surface area contributed by atoms with Crippen LogP contribution in [-0.2, 0) is 16.6 Å². The Morgan fingerprint density at radius 2 is 1.87 bits per heavy atom. The molecule has 2 fully saturated rings. The number of nitrogens with zero attached hydrogens (tertiary/aromatic N) is 3. The van der Waals surface area contributed by atoms with E-state index in [0.717, 1.165) is 56.0 Å². The van der Waals surface area contributed by atoms with Crippen LogP contribution in [0.4, 0.5) is 0 Å². The average Bonchev–Trinajstić information content (AvgIpc) is 3.18. The number of aryl methyl sites for hydroxylation is 1. The molecule has 0 aliphatic carbocycles. The highest BCUT2D eigenvalue weighted by atomic mass is 32.2. The normalized spacial score (nSPS) is 25.1. The molecule has 1 atom stereocenters. The molecular weight excluding hydrogens is 434 g/mol. The number of aromatic nitrogens is 1. The first-order valence-electron chi connectivity index (χ1n) is 11.0. The summed E-state index contributed by atoms with van der Waals surface area (Å²) in [6.07, 6.45) is 4.15. The second-order valence-electron chi connectivity index (χ2n) is 8.92. The minimum atomic E-state index is -3.58. The summed E-state index contributed by atoms with van der Waals surface area (Å²) in [5.41, 5.74) is 1.14. The molecule has 0 saturated carbocycles. The van der Waals surface area contributed by atoms with E-state index in [-0.39, 0.29) is 5.41 Å². The van der Waals surface area contributed by atoms with Crippen molar-refractivity contribution >= 4 is 21.4 Å². The van der Waals surface area contributed by atoms with E-state index in [9.17, 15) is 8.42 Å². The third-order valence-corrected chi connectivity index (χ3v) is 9.23. The first-order chi connectivity index (χ1) is 14.9. The maximum Gasteiger partial charge on any atom is 0.243 e. The summed E-state index contributed by atoms with van der Waals surface area (Å²) in [4.78, 5) is 7.36. The van der Waals surface area contributed by atoms with Crippen LogP contribution in [-0.4, -0.2) is 62.0 Å². The summed E-state index contributed by atoms with van der Waals surface area (Å²) >= 11 is 1.69. The molecule has 9 heteroatoms. The molecule has 0 bridgehead atoms. The fourth-order valence-corrected chi connectivity index (χ4v) is 7.40. The Morgan fingerprint density at radius 1 is 1.10 bits per heavy atom. The Balaban J connectivity index is 1.33. The van der Waals surface area contributed by atoms with Crippen molar-refractivity contribution in [1.82, 2.24) is 14.2 Å². The molecule has 1 unspecified atom stereocenters. The summed E-state index contributed by atoms with van der Waals surface area (Å²) < 4.78 is 39.8. The van der Waals surface area contributed by atoms with Crippen LogP contribution in [0.3, 0.4) is 0 Å². The molecule has 1 spiro atoms. The van der Waals surface area contributed by atoms with Crippen LogP contribution in [0.5, 0.6) is 11.5 Å². The number of benzene rings is 1. The van der Waals surface area contributed by atoms with E-state index in [1.165, 1.54) is 0 Å². The first kappa shape index (κ1) is 21.2. The fraction of sp³-hybridized carbons (Fsp3) is 0.591. The van der Waals surface area contributed by atoms with Crippen molar-refractivity contribution in [2.45, 2.75) is 44.0 Å². The number of ether oxygens (including phenoxy) is 2. The van der Waals surface area contributed by atoms with Crippen molar-refractivity contribution in [2.24, 2.45) is 5.41 Å². The first-order valence-corrected chi connectivity index (χ1v) is 13.3. The Labute approximate surface area is 188 Å². The fourth-order valence-electron chi connectivity index (χ4n) is 5.19. The molecule has 4 heterocycles. The zero-order valence-corrected chi connectivity index (χ0v) is 19.5. The highest BCUT2D eigenvalue weighted by Crippen LogP contribution is 2.41. The number of thiazole rings is 1. The van der Waals surface area contributed by atoms with Crippen molar-refractivity contribution in [2.75, 3.05) is 39.4 Å². The largest absolute Gasteiger partial charge is 0.486 e. The number of hydrogen-bond donors (Lipinski definition) is 0. The Morgan fingerprint density at radius 3 is 2.65 bits per heavy atom. The van der Waals surface area contributed by atoms with Crippen molar-refractivity contribution in [1.29, 1.82) is 0 Å². The van der Waals surface area contributed by atoms with E-state index in [1.54, 1.807) is 33.8 Å². The van der Waals surface area contributed by atoms with Crippen molar-refractivity contribution in [3.8, 4) is 11.5 Å². The van der Waals surface area contributed by atoms with Crippen molar-refractivity contribution in [3.05, 3.63) is 34.3 Å². The summed E-state index contributed by atoms with van der Waals surface area (Å²) in [5.74, 6) is 1.13. The molecule has 1 aromatic heterocycles. The lowest BCUT2D eigenvalue weighted by Crippen LogP contribution is -2.53. The number of fused-ring (bicyclic) bond motifs is 1. The Bertz CT molecular complexity index is 1050. The maximum atomic E-state index is 13.5. The van der Waals surface area contributed by atoms with Gasteiger partial charge in [-0.2, -0.15) is 4.31 Å². The zero-order valence-electron chi connectivity index (χ0n) is 17.9. The molecule has 0 amide bonds. The number of piperidine rings is 2. The van der Waals surface area contributed by atoms with Crippen LogP contribution in [0.1, 0.15) is 36.4 Å². The predicted octanol–water partition coefficient (Wildman–Crippen LogP) is 3.29. The number of sulfonamides is 1. The van der Waals surface area contributed by atoms with Gasteiger partial charge in [-0.25, -0.2) is 13.4 Å². The van der Waals surface area contributed by atoms with Gasteiger partial charge in [-0.1, -0.05) is 0 Å². The second-order valence-corrected chi connectivity index (χ2v) is 11.9. The highest BCUT2D eigenvalue weighted by Gasteiger charge is 2.42. The summed E-state index contributed by atoms with van der Waals surface area (Å²) in [6.45, 7) is 6.95. The summed E-state index contributed by atoms with van der Waals surface area (Å²) in [6, 6.07) is 4.96. The molecule has 31 heavy (non-hydrogen) atoms.